The highest BCUT2D eigenvalue weighted by Gasteiger charge is 2.51. The zero-order valence-electron chi connectivity index (χ0n) is 17.9. The van der Waals surface area contributed by atoms with Crippen molar-refractivity contribution in [1.29, 1.82) is 0 Å². The minimum Gasteiger partial charge on any atom is -0.399 e. The smallest absolute Gasteiger partial charge is 0.399 e. The van der Waals surface area contributed by atoms with Crippen LogP contribution in [0.25, 0.3) is 0 Å². The third kappa shape index (κ3) is 4.69. The molecule has 0 radical (unpaired) electrons. The van der Waals surface area contributed by atoms with E-state index in [0.29, 0.717) is 11.4 Å². The van der Waals surface area contributed by atoms with Crippen molar-refractivity contribution in [2.75, 3.05) is 16.4 Å². The number of rotatable bonds is 5. The molecule has 0 saturated carbocycles. The number of hydrogen-bond donors (Lipinski definition) is 2. The van der Waals surface area contributed by atoms with Gasteiger partial charge in [-0.05, 0) is 69.6 Å². The molecule has 0 bridgehead atoms. The van der Waals surface area contributed by atoms with Crippen LogP contribution in [-0.2, 0) is 19.1 Å². The molecular formula is C21H27BN2O5S. The Kier molecular flexibility index (Phi) is 6.00. The quantitative estimate of drug-likeness (QED) is 0.709. The van der Waals surface area contributed by atoms with Crippen LogP contribution in [0.15, 0.2) is 53.4 Å². The number of urea groups is 1. The molecule has 160 valence electrons. The highest BCUT2D eigenvalue weighted by Crippen LogP contribution is 2.36. The predicted molar refractivity (Wildman–Crippen MR) is 119 cm³/mol. The highest BCUT2D eigenvalue weighted by atomic mass is 32.2. The van der Waals surface area contributed by atoms with Gasteiger partial charge in [-0.2, -0.15) is 0 Å². The van der Waals surface area contributed by atoms with Gasteiger partial charge >= 0.3 is 13.1 Å². The summed E-state index contributed by atoms with van der Waals surface area (Å²) in [5, 5.41) is 5.47. The average Bonchev–Trinajstić information content (AvgIpc) is 2.90. The molecule has 2 N–H and O–H groups in total. The van der Waals surface area contributed by atoms with E-state index in [0.717, 1.165) is 5.46 Å². The Morgan fingerprint density at radius 2 is 1.50 bits per heavy atom. The summed E-state index contributed by atoms with van der Waals surface area (Å²) in [6, 6.07) is 12.9. The number of carbonyl (C=O) groups is 1. The molecule has 0 aromatic heterocycles. The van der Waals surface area contributed by atoms with Gasteiger partial charge in [-0.3, -0.25) is 0 Å². The first-order valence-corrected chi connectivity index (χ1v) is 11.5. The molecule has 0 aliphatic carbocycles. The van der Waals surface area contributed by atoms with Gasteiger partial charge in [0.05, 0.1) is 21.9 Å². The van der Waals surface area contributed by atoms with E-state index < -0.39 is 34.2 Å². The van der Waals surface area contributed by atoms with Crippen molar-refractivity contribution >= 4 is 39.8 Å². The Morgan fingerprint density at radius 3 is 2.07 bits per heavy atom. The van der Waals surface area contributed by atoms with Crippen molar-refractivity contribution in [3.05, 3.63) is 48.5 Å². The average molecular weight is 430 g/mol. The second-order valence-corrected chi connectivity index (χ2v) is 10.5. The second-order valence-electron chi connectivity index (χ2n) is 8.22. The van der Waals surface area contributed by atoms with Crippen molar-refractivity contribution in [3.63, 3.8) is 0 Å². The monoisotopic (exact) mass is 430 g/mol. The fraction of sp³-hybridized carbons (Fsp3) is 0.381. The molecule has 30 heavy (non-hydrogen) atoms. The first-order chi connectivity index (χ1) is 13.9. The molecule has 1 aliphatic heterocycles. The number of carbonyl (C=O) groups excluding carboxylic acids is 1. The highest BCUT2D eigenvalue weighted by molar-refractivity contribution is 7.91. The molecule has 1 saturated heterocycles. The van der Waals surface area contributed by atoms with E-state index in [9.17, 15) is 13.2 Å². The van der Waals surface area contributed by atoms with E-state index in [1.54, 1.807) is 31.2 Å². The van der Waals surface area contributed by atoms with Crippen LogP contribution < -0.4 is 16.1 Å². The number of nitrogens with one attached hydrogen (secondary N) is 2. The van der Waals surface area contributed by atoms with Gasteiger partial charge in [0, 0.05) is 11.4 Å². The van der Waals surface area contributed by atoms with Crippen LogP contribution in [0.2, 0.25) is 0 Å². The number of amides is 2. The summed E-state index contributed by atoms with van der Waals surface area (Å²) < 4.78 is 35.9. The summed E-state index contributed by atoms with van der Waals surface area (Å²) >= 11 is 0. The number of anilines is 2. The number of sulfone groups is 1. The molecule has 7 nitrogen and oxygen atoms in total. The second kappa shape index (κ2) is 8.05. The Hall–Kier alpha value is -2.36. The summed E-state index contributed by atoms with van der Waals surface area (Å²) in [4.78, 5) is 12.6. The molecule has 3 rings (SSSR count). The van der Waals surface area contributed by atoms with Crippen LogP contribution in [-0.4, -0.2) is 38.5 Å². The third-order valence-electron chi connectivity index (χ3n) is 5.52. The summed E-state index contributed by atoms with van der Waals surface area (Å²) in [6.45, 7) is 9.53. The van der Waals surface area contributed by atoms with Crippen LogP contribution in [0, 0.1) is 0 Å². The first kappa shape index (κ1) is 22.3. The lowest BCUT2D eigenvalue weighted by molar-refractivity contribution is 0.00578. The maximum absolute atomic E-state index is 12.4. The first-order valence-electron chi connectivity index (χ1n) is 9.80. The minimum absolute atomic E-state index is 0.0272. The van der Waals surface area contributed by atoms with E-state index in [-0.39, 0.29) is 10.6 Å². The summed E-state index contributed by atoms with van der Waals surface area (Å²) in [5.41, 5.74) is 0.987. The molecule has 2 aromatic carbocycles. The van der Waals surface area contributed by atoms with E-state index in [2.05, 4.69) is 10.6 Å². The maximum Gasteiger partial charge on any atom is 0.494 e. The maximum atomic E-state index is 12.4. The third-order valence-corrected chi connectivity index (χ3v) is 7.27. The zero-order chi connectivity index (χ0) is 22.2. The van der Waals surface area contributed by atoms with Gasteiger partial charge in [-0.25, -0.2) is 13.2 Å². The van der Waals surface area contributed by atoms with Gasteiger partial charge in [-0.1, -0.05) is 19.1 Å². The standard InChI is InChI=1S/C21H27BN2O5S/c1-6-30(26,27)18-12-10-16(11-13-18)23-19(25)24-17-9-7-8-15(14-17)22-28-20(2,3)21(4,5)29-22/h7-14H,6H2,1-5H3,(H2,23,24,25). The van der Waals surface area contributed by atoms with Crippen LogP contribution in [0.1, 0.15) is 34.6 Å². The lowest BCUT2D eigenvalue weighted by Crippen LogP contribution is -2.41. The van der Waals surface area contributed by atoms with Crippen LogP contribution >= 0.6 is 0 Å². The Balaban J connectivity index is 1.66. The van der Waals surface area contributed by atoms with Gasteiger partial charge in [0.25, 0.3) is 0 Å². The van der Waals surface area contributed by atoms with Crippen molar-refractivity contribution in [3.8, 4) is 0 Å². The lowest BCUT2D eigenvalue weighted by atomic mass is 9.79. The lowest BCUT2D eigenvalue weighted by Gasteiger charge is -2.32. The fourth-order valence-electron chi connectivity index (χ4n) is 2.95. The van der Waals surface area contributed by atoms with Crippen LogP contribution in [0.5, 0.6) is 0 Å². The Bertz CT molecular complexity index is 1020. The van der Waals surface area contributed by atoms with Gasteiger partial charge < -0.3 is 19.9 Å². The van der Waals surface area contributed by atoms with E-state index >= 15 is 0 Å². The van der Waals surface area contributed by atoms with E-state index in [4.69, 9.17) is 9.31 Å². The molecule has 0 spiro atoms. The summed E-state index contributed by atoms with van der Waals surface area (Å²) in [6.07, 6.45) is 0. The van der Waals surface area contributed by atoms with Crippen molar-refractivity contribution < 1.29 is 22.5 Å². The van der Waals surface area contributed by atoms with E-state index in [1.165, 1.54) is 12.1 Å². The fourth-order valence-corrected chi connectivity index (χ4v) is 3.83. The van der Waals surface area contributed by atoms with Gasteiger partial charge in [-0.15, -0.1) is 0 Å². The molecule has 2 amide bonds. The SMILES string of the molecule is CCS(=O)(=O)c1ccc(NC(=O)Nc2cccc(B3OC(C)(C)C(C)(C)O3)c2)cc1. The largest absolute Gasteiger partial charge is 0.494 e. The molecule has 1 heterocycles. The molecular weight excluding hydrogens is 403 g/mol. The van der Waals surface area contributed by atoms with Crippen LogP contribution in [0.3, 0.4) is 0 Å². The van der Waals surface area contributed by atoms with Crippen molar-refractivity contribution in [2.45, 2.75) is 50.7 Å². The zero-order valence-corrected chi connectivity index (χ0v) is 18.7. The van der Waals surface area contributed by atoms with Crippen LogP contribution in [0.4, 0.5) is 16.2 Å². The Labute approximate surface area is 178 Å². The molecule has 0 atom stereocenters. The van der Waals surface area contributed by atoms with E-state index in [1.807, 2.05) is 39.8 Å². The Morgan fingerprint density at radius 1 is 0.933 bits per heavy atom. The summed E-state index contributed by atoms with van der Waals surface area (Å²) in [5.74, 6) is 0.0272. The number of benzene rings is 2. The molecule has 0 unspecified atom stereocenters. The van der Waals surface area contributed by atoms with Gasteiger partial charge in [0.2, 0.25) is 0 Å². The summed E-state index contributed by atoms with van der Waals surface area (Å²) in [7, 11) is -3.79. The van der Waals surface area contributed by atoms with Gasteiger partial charge in [0.15, 0.2) is 9.84 Å². The molecule has 2 aromatic rings. The van der Waals surface area contributed by atoms with Crippen molar-refractivity contribution in [2.24, 2.45) is 0 Å². The molecule has 9 heteroatoms. The molecule has 1 fully saturated rings. The normalized spacial score (nSPS) is 17.6. The topological polar surface area (TPSA) is 93.7 Å². The molecule has 1 aliphatic rings. The predicted octanol–water partition coefficient (Wildman–Crippen LogP) is 3.42. The number of hydrogen-bond acceptors (Lipinski definition) is 5. The minimum atomic E-state index is -3.27. The van der Waals surface area contributed by atoms with Crippen molar-refractivity contribution in [1.82, 2.24) is 0 Å². The van der Waals surface area contributed by atoms with Gasteiger partial charge in [0.1, 0.15) is 0 Å².